The molecule has 0 spiro atoms. The van der Waals surface area contributed by atoms with Gasteiger partial charge in [0.15, 0.2) is 0 Å². The van der Waals surface area contributed by atoms with Crippen LogP contribution in [0.4, 0.5) is 4.39 Å². The van der Waals surface area contributed by atoms with Crippen molar-refractivity contribution < 1.29 is 4.39 Å². The van der Waals surface area contributed by atoms with Crippen LogP contribution in [0, 0.1) is 5.82 Å². The third-order valence-electron chi connectivity index (χ3n) is 3.08. The molecule has 3 heteroatoms. The lowest BCUT2D eigenvalue weighted by molar-refractivity contribution is 0.547. The molecule has 0 fully saturated rings. The van der Waals surface area contributed by atoms with Gasteiger partial charge in [0.1, 0.15) is 5.82 Å². The Labute approximate surface area is 122 Å². The number of rotatable bonds is 5. The highest BCUT2D eigenvalue weighted by Crippen LogP contribution is 2.26. The van der Waals surface area contributed by atoms with Gasteiger partial charge in [-0.2, -0.15) is 0 Å². The van der Waals surface area contributed by atoms with Crippen molar-refractivity contribution >= 4 is 15.9 Å². The average molecular weight is 322 g/mol. The molecule has 1 N–H and O–H groups in total. The van der Waals surface area contributed by atoms with Crippen LogP contribution < -0.4 is 5.32 Å². The maximum absolute atomic E-state index is 12.9. The number of nitrogens with one attached hydrogen (secondary N) is 1. The summed E-state index contributed by atoms with van der Waals surface area (Å²) in [5.41, 5.74) is 2.36. The first-order chi connectivity index (χ1) is 9.20. The molecule has 0 radical (unpaired) electrons. The van der Waals surface area contributed by atoms with Crippen LogP contribution >= 0.6 is 15.9 Å². The zero-order valence-corrected chi connectivity index (χ0v) is 12.5. The molecule has 0 saturated heterocycles. The molecule has 19 heavy (non-hydrogen) atoms. The van der Waals surface area contributed by atoms with Gasteiger partial charge in [0.25, 0.3) is 0 Å². The lowest BCUT2D eigenvalue weighted by Gasteiger charge is -2.20. The van der Waals surface area contributed by atoms with E-state index in [1.165, 1.54) is 17.7 Å². The van der Waals surface area contributed by atoms with Crippen molar-refractivity contribution in [3.05, 3.63) is 69.9 Å². The molecule has 0 aromatic heterocycles. The fraction of sp³-hybridized carbons (Fsp3) is 0.250. The van der Waals surface area contributed by atoms with Crippen LogP contribution in [0.1, 0.15) is 24.1 Å². The highest BCUT2D eigenvalue weighted by molar-refractivity contribution is 9.10. The predicted molar refractivity (Wildman–Crippen MR) is 80.7 cm³/mol. The fourth-order valence-electron chi connectivity index (χ4n) is 2.15. The third-order valence-corrected chi connectivity index (χ3v) is 3.81. The zero-order valence-electron chi connectivity index (χ0n) is 10.9. The maximum Gasteiger partial charge on any atom is 0.123 e. The van der Waals surface area contributed by atoms with Gasteiger partial charge in [-0.25, -0.2) is 4.39 Å². The van der Waals surface area contributed by atoms with Crippen LogP contribution in [0.2, 0.25) is 0 Å². The van der Waals surface area contributed by atoms with Crippen LogP contribution in [0.5, 0.6) is 0 Å². The molecule has 2 aromatic rings. The van der Waals surface area contributed by atoms with E-state index in [1.54, 1.807) is 0 Å². The highest BCUT2D eigenvalue weighted by Gasteiger charge is 2.13. The van der Waals surface area contributed by atoms with Gasteiger partial charge in [-0.3, -0.25) is 0 Å². The van der Waals surface area contributed by atoms with Crippen molar-refractivity contribution in [2.75, 3.05) is 6.54 Å². The van der Waals surface area contributed by atoms with Crippen molar-refractivity contribution in [2.24, 2.45) is 0 Å². The second-order valence-electron chi connectivity index (χ2n) is 4.46. The van der Waals surface area contributed by atoms with E-state index in [2.05, 4.69) is 34.2 Å². The highest BCUT2D eigenvalue weighted by atomic mass is 79.9. The summed E-state index contributed by atoms with van der Waals surface area (Å²) in [5, 5.41) is 3.48. The molecule has 0 bridgehead atoms. The summed E-state index contributed by atoms with van der Waals surface area (Å²) in [4.78, 5) is 0. The topological polar surface area (TPSA) is 12.0 Å². The number of halogens is 2. The van der Waals surface area contributed by atoms with Gasteiger partial charge in [-0.05, 0) is 42.3 Å². The summed E-state index contributed by atoms with van der Waals surface area (Å²) >= 11 is 3.59. The summed E-state index contributed by atoms with van der Waals surface area (Å²) < 4.78 is 14.0. The van der Waals surface area contributed by atoms with E-state index in [4.69, 9.17) is 0 Å². The van der Waals surface area contributed by atoms with Gasteiger partial charge in [0.2, 0.25) is 0 Å². The minimum Gasteiger partial charge on any atom is -0.310 e. The van der Waals surface area contributed by atoms with E-state index in [-0.39, 0.29) is 11.9 Å². The Morgan fingerprint density at radius 2 is 1.79 bits per heavy atom. The largest absolute Gasteiger partial charge is 0.310 e. The number of benzene rings is 2. The lowest BCUT2D eigenvalue weighted by Crippen LogP contribution is -2.23. The normalized spacial score (nSPS) is 12.4. The van der Waals surface area contributed by atoms with E-state index in [1.807, 2.05) is 30.3 Å². The van der Waals surface area contributed by atoms with Crippen LogP contribution in [0.3, 0.4) is 0 Å². The smallest absolute Gasteiger partial charge is 0.123 e. The fourth-order valence-corrected chi connectivity index (χ4v) is 2.71. The summed E-state index contributed by atoms with van der Waals surface area (Å²) in [6.45, 7) is 2.99. The van der Waals surface area contributed by atoms with E-state index in [0.29, 0.717) is 0 Å². The van der Waals surface area contributed by atoms with Gasteiger partial charge in [-0.1, -0.05) is 53.2 Å². The Balaban J connectivity index is 2.21. The Hall–Kier alpha value is -1.19. The van der Waals surface area contributed by atoms with E-state index < -0.39 is 0 Å². The molecule has 1 atom stereocenters. The van der Waals surface area contributed by atoms with Gasteiger partial charge in [-0.15, -0.1) is 0 Å². The van der Waals surface area contributed by atoms with Gasteiger partial charge in [0, 0.05) is 10.5 Å². The second-order valence-corrected chi connectivity index (χ2v) is 5.32. The van der Waals surface area contributed by atoms with Crippen LogP contribution in [-0.2, 0) is 6.42 Å². The summed E-state index contributed by atoms with van der Waals surface area (Å²) in [7, 11) is 0. The molecule has 0 aliphatic heterocycles. The zero-order chi connectivity index (χ0) is 13.7. The van der Waals surface area contributed by atoms with Crippen LogP contribution in [0.25, 0.3) is 0 Å². The SMILES string of the molecule is CCNC(Cc1ccc(F)cc1)c1ccccc1Br. The molecule has 2 rings (SSSR count). The standard InChI is InChI=1S/C16H17BrFN/c1-2-19-16(14-5-3-4-6-15(14)17)11-12-7-9-13(18)10-8-12/h3-10,16,19H,2,11H2,1H3. The quantitative estimate of drug-likeness (QED) is 0.856. The van der Waals surface area contributed by atoms with Crippen LogP contribution in [-0.4, -0.2) is 6.54 Å². The molecule has 1 nitrogen and oxygen atoms in total. The molecule has 1 unspecified atom stereocenters. The number of hydrogen-bond donors (Lipinski definition) is 1. The number of hydrogen-bond acceptors (Lipinski definition) is 1. The van der Waals surface area contributed by atoms with E-state index >= 15 is 0 Å². The van der Waals surface area contributed by atoms with E-state index in [0.717, 1.165) is 23.0 Å². The number of likely N-dealkylation sites (N-methyl/N-ethyl adjacent to an activating group) is 1. The summed E-state index contributed by atoms with van der Waals surface area (Å²) in [5.74, 6) is -0.190. The van der Waals surface area contributed by atoms with Crippen molar-refractivity contribution in [1.82, 2.24) is 5.32 Å². The molecule has 0 aliphatic carbocycles. The molecule has 0 saturated carbocycles. The Morgan fingerprint density at radius 3 is 2.42 bits per heavy atom. The molecule has 0 aliphatic rings. The molecular weight excluding hydrogens is 305 g/mol. The van der Waals surface area contributed by atoms with Crippen LogP contribution in [0.15, 0.2) is 53.0 Å². The molecule has 0 heterocycles. The van der Waals surface area contributed by atoms with Gasteiger partial charge >= 0.3 is 0 Å². The summed E-state index contributed by atoms with van der Waals surface area (Å²) in [6, 6.07) is 15.1. The second kappa shape index (κ2) is 6.83. The van der Waals surface area contributed by atoms with Crippen molar-refractivity contribution in [3.8, 4) is 0 Å². The molecular formula is C16H17BrFN. The average Bonchev–Trinajstić information content (AvgIpc) is 2.41. The monoisotopic (exact) mass is 321 g/mol. The van der Waals surface area contributed by atoms with Crippen molar-refractivity contribution in [1.29, 1.82) is 0 Å². The first-order valence-electron chi connectivity index (χ1n) is 6.43. The third kappa shape index (κ3) is 3.88. The first kappa shape index (κ1) is 14.2. The van der Waals surface area contributed by atoms with Gasteiger partial charge in [0.05, 0.1) is 0 Å². The van der Waals surface area contributed by atoms with Crippen molar-refractivity contribution in [3.63, 3.8) is 0 Å². The minimum absolute atomic E-state index is 0.190. The van der Waals surface area contributed by atoms with Gasteiger partial charge < -0.3 is 5.32 Å². The minimum atomic E-state index is -0.190. The molecule has 0 amide bonds. The predicted octanol–water partition coefficient (Wildman–Crippen LogP) is 4.48. The summed E-state index contributed by atoms with van der Waals surface area (Å²) in [6.07, 6.45) is 0.844. The lowest BCUT2D eigenvalue weighted by atomic mass is 9.99. The Bertz CT molecular complexity index is 525. The molecule has 100 valence electrons. The Kier molecular flexibility index (Phi) is 5.11. The maximum atomic E-state index is 12.9. The molecule has 2 aromatic carbocycles. The Morgan fingerprint density at radius 1 is 1.11 bits per heavy atom. The van der Waals surface area contributed by atoms with E-state index in [9.17, 15) is 4.39 Å². The first-order valence-corrected chi connectivity index (χ1v) is 7.22. The van der Waals surface area contributed by atoms with Crippen molar-refractivity contribution in [2.45, 2.75) is 19.4 Å².